The largest absolute Gasteiger partial charge is 0.348 e. The van der Waals surface area contributed by atoms with Crippen LogP contribution in [0.2, 0.25) is 0 Å². The Bertz CT molecular complexity index is 225. The van der Waals surface area contributed by atoms with Crippen molar-refractivity contribution in [1.82, 2.24) is 0 Å². The molecule has 0 bridgehead atoms. The molecular weight excluding hydrogens is 183 g/mol. The summed E-state index contributed by atoms with van der Waals surface area (Å²) in [6.07, 6.45) is 3.87. The summed E-state index contributed by atoms with van der Waals surface area (Å²) < 4.78 is 24.6. The standard InChI is InChI=1S/C11H17FO2/c12-10-2-1-8-6-11(7-9(8)5-10)13-3-4-14-11/h8-10H,1-7H2/t8-,9-,10+/m0/s1. The number of alkyl halides is 1. The van der Waals surface area contributed by atoms with Crippen LogP contribution in [0.4, 0.5) is 4.39 Å². The van der Waals surface area contributed by atoms with E-state index >= 15 is 0 Å². The smallest absolute Gasteiger partial charge is 0.169 e. The monoisotopic (exact) mass is 200 g/mol. The normalized spacial score (nSPS) is 45.6. The summed E-state index contributed by atoms with van der Waals surface area (Å²) in [7, 11) is 0. The van der Waals surface area contributed by atoms with Crippen molar-refractivity contribution in [2.75, 3.05) is 13.2 Å². The van der Waals surface area contributed by atoms with Crippen LogP contribution in [-0.2, 0) is 9.47 Å². The highest BCUT2D eigenvalue weighted by atomic mass is 19.1. The lowest BCUT2D eigenvalue weighted by Crippen LogP contribution is -2.26. The molecule has 3 atom stereocenters. The first-order valence-electron chi connectivity index (χ1n) is 5.69. The zero-order chi connectivity index (χ0) is 9.60. The van der Waals surface area contributed by atoms with Crippen LogP contribution in [0, 0.1) is 11.8 Å². The first-order chi connectivity index (χ1) is 6.77. The van der Waals surface area contributed by atoms with Gasteiger partial charge in [0.05, 0.1) is 13.2 Å². The molecule has 0 unspecified atom stereocenters. The van der Waals surface area contributed by atoms with Crippen molar-refractivity contribution in [2.45, 2.75) is 44.1 Å². The lowest BCUT2D eigenvalue weighted by molar-refractivity contribution is -0.154. The fraction of sp³-hybridized carbons (Fsp3) is 1.00. The van der Waals surface area contributed by atoms with Crippen molar-refractivity contribution < 1.29 is 13.9 Å². The Balaban J connectivity index is 1.72. The minimum Gasteiger partial charge on any atom is -0.348 e. The molecule has 3 rings (SSSR count). The predicted molar refractivity (Wildman–Crippen MR) is 49.6 cm³/mol. The van der Waals surface area contributed by atoms with Crippen LogP contribution in [0.3, 0.4) is 0 Å². The molecule has 2 saturated carbocycles. The van der Waals surface area contributed by atoms with E-state index in [9.17, 15) is 4.39 Å². The van der Waals surface area contributed by atoms with Crippen LogP contribution in [-0.4, -0.2) is 25.2 Å². The third-order valence-corrected chi connectivity index (χ3v) is 4.04. The minimum absolute atomic E-state index is 0.306. The first kappa shape index (κ1) is 9.10. The quantitative estimate of drug-likeness (QED) is 0.597. The number of rotatable bonds is 0. The third-order valence-electron chi connectivity index (χ3n) is 4.04. The first-order valence-corrected chi connectivity index (χ1v) is 5.69. The average Bonchev–Trinajstić information content (AvgIpc) is 2.72. The van der Waals surface area contributed by atoms with Gasteiger partial charge in [0.2, 0.25) is 0 Å². The van der Waals surface area contributed by atoms with Crippen molar-refractivity contribution in [3.8, 4) is 0 Å². The van der Waals surface area contributed by atoms with Crippen LogP contribution in [0.15, 0.2) is 0 Å². The van der Waals surface area contributed by atoms with Crippen molar-refractivity contribution in [3.63, 3.8) is 0 Å². The van der Waals surface area contributed by atoms with Crippen molar-refractivity contribution >= 4 is 0 Å². The van der Waals surface area contributed by atoms with Gasteiger partial charge in [-0.05, 0) is 31.1 Å². The summed E-state index contributed by atoms with van der Waals surface area (Å²) in [6, 6.07) is 0. The third kappa shape index (κ3) is 1.38. The topological polar surface area (TPSA) is 18.5 Å². The van der Waals surface area contributed by atoms with E-state index in [4.69, 9.17) is 9.47 Å². The van der Waals surface area contributed by atoms with Gasteiger partial charge >= 0.3 is 0 Å². The number of ether oxygens (including phenoxy) is 2. The van der Waals surface area contributed by atoms with Crippen LogP contribution < -0.4 is 0 Å². The fourth-order valence-electron chi connectivity index (χ4n) is 3.40. The molecule has 3 heteroatoms. The molecule has 14 heavy (non-hydrogen) atoms. The van der Waals surface area contributed by atoms with Crippen molar-refractivity contribution in [2.24, 2.45) is 11.8 Å². The zero-order valence-corrected chi connectivity index (χ0v) is 8.38. The summed E-state index contributed by atoms with van der Waals surface area (Å²) in [5.41, 5.74) is 0. The van der Waals surface area contributed by atoms with Gasteiger partial charge in [-0.15, -0.1) is 0 Å². The molecule has 0 radical (unpaired) electrons. The van der Waals surface area contributed by atoms with Gasteiger partial charge in [0.1, 0.15) is 6.17 Å². The molecule has 2 aliphatic carbocycles. The second-order valence-electron chi connectivity index (χ2n) is 4.95. The lowest BCUT2D eigenvalue weighted by Gasteiger charge is -2.26. The van der Waals surface area contributed by atoms with Gasteiger partial charge in [-0.2, -0.15) is 0 Å². The lowest BCUT2D eigenvalue weighted by atomic mass is 9.81. The van der Waals surface area contributed by atoms with Crippen LogP contribution in [0.5, 0.6) is 0 Å². The Morgan fingerprint density at radius 3 is 2.50 bits per heavy atom. The highest BCUT2D eigenvalue weighted by Gasteiger charge is 2.50. The summed E-state index contributed by atoms with van der Waals surface area (Å²) in [4.78, 5) is 0. The number of hydrogen-bond donors (Lipinski definition) is 0. The highest BCUT2D eigenvalue weighted by Crippen LogP contribution is 2.50. The summed E-state index contributed by atoms with van der Waals surface area (Å²) in [5, 5.41) is 0. The van der Waals surface area contributed by atoms with Gasteiger partial charge < -0.3 is 9.47 Å². The van der Waals surface area contributed by atoms with E-state index in [0.29, 0.717) is 11.8 Å². The molecule has 1 spiro atoms. The summed E-state index contributed by atoms with van der Waals surface area (Å²) >= 11 is 0. The van der Waals surface area contributed by atoms with E-state index in [2.05, 4.69) is 0 Å². The second kappa shape index (κ2) is 3.17. The second-order valence-corrected chi connectivity index (χ2v) is 4.95. The molecule has 1 aliphatic heterocycles. The maximum atomic E-state index is 13.2. The Morgan fingerprint density at radius 2 is 1.71 bits per heavy atom. The molecule has 0 amide bonds. The van der Waals surface area contributed by atoms with Crippen molar-refractivity contribution in [1.29, 1.82) is 0 Å². The molecule has 0 aromatic rings. The van der Waals surface area contributed by atoms with Crippen LogP contribution in [0.1, 0.15) is 32.1 Å². The maximum Gasteiger partial charge on any atom is 0.169 e. The van der Waals surface area contributed by atoms with E-state index in [0.717, 1.165) is 45.3 Å². The Labute approximate surface area is 83.8 Å². The van der Waals surface area contributed by atoms with Gasteiger partial charge in [0, 0.05) is 12.8 Å². The SMILES string of the molecule is F[C@@H]1CC[C@H]2CC3(C[C@@H]2C1)OCCO3. The van der Waals surface area contributed by atoms with E-state index in [1.54, 1.807) is 0 Å². The molecule has 80 valence electrons. The average molecular weight is 200 g/mol. The fourth-order valence-corrected chi connectivity index (χ4v) is 3.40. The summed E-state index contributed by atoms with van der Waals surface area (Å²) in [5.74, 6) is 0.858. The molecule has 0 aromatic heterocycles. The van der Waals surface area contributed by atoms with Gasteiger partial charge in [-0.1, -0.05) is 0 Å². The molecule has 0 aromatic carbocycles. The highest BCUT2D eigenvalue weighted by molar-refractivity contribution is 4.95. The zero-order valence-electron chi connectivity index (χ0n) is 8.38. The maximum absolute atomic E-state index is 13.2. The van der Waals surface area contributed by atoms with Gasteiger partial charge in [-0.3, -0.25) is 0 Å². The van der Waals surface area contributed by atoms with Gasteiger partial charge in [0.25, 0.3) is 0 Å². The van der Waals surface area contributed by atoms with Crippen LogP contribution in [0.25, 0.3) is 0 Å². The summed E-state index contributed by atoms with van der Waals surface area (Å²) in [6.45, 7) is 1.44. The van der Waals surface area contributed by atoms with E-state index in [1.807, 2.05) is 0 Å². The molecule has 2 nitrogen and oxygen atoms in total. The molecule has 1 heterocycles. The molecule has 1 saturated heterocycles. The van der Waals surface area contributed by atoms with Gasteiger partial charge in [-0.25, -0.2) is 4.39 Å². The molecule has 3 aliphatic rings. The number of halogens is 1. The Kier molecular flexibility index (Phi) is 2.06. The van der Waals surface area contributed by atoms with E-state index in [-0.39, 0.29) is 5.79 Å². The Hall–Kier alpha value is -0.150. The predicted octanol–water partition coefficient (Wildman–Crippen LogP) is 2.28. The van der Waals surface area contributed by atoms with Crippen LogP contribution >= 0.6 is 0 Å². The molecule has 3 fully saturated rings. The number of hydrogen-bond acceptors (Lipinski definition) is 2. The molecular formula is C11H17FO2. The van der Waals surface area contributed by atoms with Crippen molar-refractivity contribution in [3.05, 3.63) is 0 Å². The molecule has 0 N–H and O–H groups in total. The minimum atomic E-state index is -0.576. The van der Waals surface area contributed by atoms with E-state index in [1.165, 1.54) is 0 Å². The van der Waals surface area contributed by atoms with E-state index < -0.39 is 6.17 Å². The van der Waals surface area contributed by atoms with Gasteiger partial charge in [0.15, 0.2) is 5.79 Å². The number of fused-ring (bicyclic) bond motifs is 1. The Morgan fingerprint density at radius 1 is 1.00 bits per heavy atom.